The van der Waals surface area contributed by atoms with E-state index >= 15 is 0 Å². The van der Waals surface area contributed by atoms with Gasteiger partial charge >= 0.3 is 0 Å². The summed E-state index contributed by atoms with van der Waals surface area (Å²) in [6, 6.07) is 5.60. The first-order chi connectivity index (χ1) is 11.6. The van der Waals surface area contributed by atoms with Gasteiger partial charge in [-0.05, 0) is 31.2 Å². The lowest BCUT2D eigenvalue weighted by molar-refractivity contribution is -0.134. The van der Waals surface area contributed by atoms with E-state index in [0.717, 1.165) is 10.0 Å². The highest BCUT2D eigenvalue weighted by Gasteiger charge is 2.19. The Kier molecular flexibility index (Phi) is 7.27. The number of rotatable bonds is 7. The molecule has 24 heavy (non-hydrogen) atoms. The van der Waals surface area contributed by atoms with Crippen molar-refractivity contribution in [3.63, 3.8) is 0 Å². The highest BCUT2D eigenvalue weighted by molar-refractivity contribution is 9.10. The molecule has 2 amide bonds. The standard InChI is InChI=1S/C17H21BrN2O4/c1-2-23-9-10-24-15-5-4-14(18)11-13(15)3-6-17(22)20-8-7-19-16(21)12-20/h3-6,11H,2,7-10,12H2,1H3,(H,19,21)/b6-3+. The Hall–Kier alpha value is -1.86. The molecule has 1 aromatic rings. The third kappa shape index (κ3) is 5.65. The van der Waals surface area contributed by atoms with Gasteiger partial charge in [0.2, 0.25) is 11.8 Å². The number of hydrogen-bond donors (Lipinski definition) is 1. The van der Waals surface area contributed by atoms with Gasteiger partial charge in [0.1, 0.15) is 12.4 Å². The lowest BCUT2D eigenvalue weighted by Crippen LogP contribution is -2.49. The van der Waals surface area contributed by atoms with Crippen LogP contribution in [0.2, 0.25) is 0 Å². The van der Waals surface area contributed by atoms with Gasteiger partial charge in [-0.25, -0.2) is 0 Å². The SMILES string of the molecule is CCOCCOc1ccc(Br)cc1/C=C/C(=O)N1CCNC(=O)C1. The first-order valence-corrected chi connectivity index (χ1v) is 8.63. The van der Waals surface area contributed by atoms with E-state index < -0.39 is 0 Å². The number of ether oxygens (including phenoxy) is 2. The molecule has 130 valence electrons. The van der Waals surface area contributed by atoms with Gasteiger partial charge in [0.05, 0.1) is 13.2 Å². The van der Waals surface area contributed by atoms with Gasteiger partial charge in [0, 0.05) is 35.8 Å². The fourth-order valence-electron chi connectivity index (χ4n) is 2.23. The van der Waals surface area contributed by atoms with E-state index in [0.29, 0.717) is 38.7 Å². The van der Waals surface area contributed by atoms with Crippen LogP contribution in [0.15, 0.2) is 28.7 Å². The van der Waals surface area contributed by atoms with Crippen LogP contribution < -0.4 is 10.1 Å². The van der Waals surface area contributed by atoms with Crippen LogP contribution in [-0.2, 0) is 14.3 Å². The van der Waals surface area contributed by atoms with Gasteiger partial charge in [0.25, 0.3) is 0 Å². The van der Waals surface area contributed by atoms with Gasteiger partial charge in [-0.1, -0.05) is 15.9 Å². The van der Waals surface area contributed by atoms with Crippen LogP contribution in [0.3, 0.4) is 0 Å². The normalized spacial score (nSPS) is 14.8. The van der Waals surface area contributed by atoms with Crippen molar-refractivity contribution in [3.8, 4) is 5.75 Å². The fourth-order valence-corrected chi connectivity index (χ4v) is 2.61. The summed E-state index contributed by atoms with van der Waals surface area (Å²) in [7, 11) is 0. The second kappa shape index (κ2) is 9.44. The maximum absolute atomic E-state index is 12.2. The molecule has 1 saturated heterocycles. The minimum atomic E-state index is -0.190. The number of amides is 2. The van der Waals surface area contributed by atoms with E-state index in [1.165, 1.54) is 11.0 Å². The molecule has 0 radical (unpaired) electrons. The van der Waals surface area contributed by atoms with E-state index in [4.69, 9.17) is 9.47 Å². The molecule has 0 bridgehead atoms. The second-order valence-corrected chi connectivity index (χ2v) is 6.09. The number of halogens is 1. The Morgan fingerprint density at radius 2 is 2.25 bits per heavy atom. The van der Waals surface area contributed by atoms with Gasteiger partial charge in [-0.3, -0.25) is 9.59 Å². The van der Waals surface area contributed by atoms with E-state index in [2.05, 4.69) is 21.2 Å². The molecule has 0 aliphatic carbocycles. The summed E-state index contributed by atoms with van der Waals surface area (Å²) in [4.78, 5) is 25.1. The quantitative estimate of drug-likeness (QED) is 0.563. The van der Waals surface area contributed by atoms with Crippen molar-refractivity contribution in [3.05, 3.63) is 34.3 Å². The topological polar surface area (TPSA) is 67.9 Å². The minimum Gasteiger partial charge on any atom is -0.491 e. The lowest BCUT2D eigenvalue weighted by atomic mass is 10.2. The van der Waals surface area contributed by atoms with Crippen LogP contribution >= 0.6 is 15.9 Å². The summed E-state index contributed by atoms with van der Waals surface area (Å²) in [6.45, 7) is 4.63. The molecule has 7 heteroatoms. The summed E-state index contributed by atoms with van der Waals surface area (Å²) in [5, 5.41) is 2.70. The smallest absolute Gasteiger partial charge is 0.247 e. The first-order valence-electron chi connectivity index (χ1n) is 7.84. The Balaban J connectivity index is 2.02. The monoisotopic (exact) mass is 396 g/mol. The van der Waals surface area contributed by atoms with Crippen LogP contribution in [0, 0.1) is 0 Å². The van der Waals surface area contributed by atoms with E-state index in [1.54, 1.807) is 6.08 Å². The highest BCUT2D eigenvalue weighted by Crippen LogP contribution is 2.24. The van der Waals surface area contributed by atoms with Gasteiger partial charge in [-0.2, -0.15) is 0 Å². The van der Waals surface area contributed by atoms with E-state index in [9.17, 15) is 9.59 Å². The minimum absolute atomic E-state index is 0.0966. The number of carbonyl (C=O) groups excluding carboxylic acids is 2. The molecule has 1 aromatic carbocycles. The third-order valence-electron chi connectivity index (χ3n) is 3.42. The molecular weight excluding hydrogens is 376 g/mol. The zero-order valence-corrected chi connectivity index (χ0v) is 15.2. The molecule has 1 fully saturated rings. The number of carbonyl (C=O) groups is 2. The lowest BCUT2D eigenvalue weighted by Gasteiger charge is -2.25. The van der Waals surface area contributed by atoms with Crippen molar-refractivity contribution in [2.45, 2.75) is 6.92 Å². The van der Waals surface area contributed by atoms with Crippen LogP contribution in [0.1, 0.15) is 12.5 Å². The van der Waals surface area contributed by atoms with E-state index in [-0.39, 0.29) is 18.4 Å². The average molecular weight is 397 g/mol. The molecule has 0 unspecified atom stereocenters. The summed E-state index contributed by atoms with van der Waals surface area (Å²) in [5.41, 5.74) is 0.788. The van der Waals surface area contributed by atoms with Crippen molar-refractivity contribution in [2.24, 2.45) is 0 Å². The summed E-state index contributed by atoms with van der Waals surface area (Å²) < 4.78 is 11.9. The largest absolute Gasteiger partial charge is 0.491 e. The van der Waals surface area contributed by atoms with Crippen molar-refractivity contribution < 1.29 is 19.1 Å². The number of nitrogens with zero attached hydrogens (tertiary/aromatic N) is 1. The second-order valence-electron chi connectivity index (χ2n) is 5.17. The van der Waals surface area contributed by atoms with Crippen LogP contribution in [0.4, 0.5) is 0 Å². The number of piperazine rings is 1. The molecular formula is C17H21BrN2O4. The van der Waals surface area contributed by atoms with Crippen LogP contribution in [0.25, 0.3) is 6.08 Å². The van der Waals surface area contributed by atoms with Crippen molar-refractivity contribution >= 4 is 33.8 Å². The summed E-state index contributed by atoms with van der Waals surface area (Å²) in [6.07, 6.45) is 3.17. The third-order valence-corrected chi connectivity index (χ3v) is 3.91. The zero-order chi connectivity index (χ0) is 17.4. The Morgan fingerprint density at radius 3 is 3.00 bits per heavy atom. The first kappa shape index (κ1) is 18.5. The van der Waals surface area contributed by atoms with Crippen molar-refractivity contribution in [1.82, 2.24) is 10.2 Å². The molecule has 2 rings (SSSR count). The fraction of sp³-hybridized carbons (Fsp3) is 0.412. The maximum Gasteiger partial charge on any atom is 0.247 e. The van der Waals surface area contributed by atoms with Crippen molar-refractivity contribution in [2.75, 3.05) is 39.5 Å². The van der Waals surface area contributed by atoms with E-state index in [1.807, 2.05) is 25.1 Å². The number of nitrogens with one attached hydrogen (secondary N) is 1. The highest BCUT2D eigenvalue weighted by atomic mass is 79.9. The Morgan fingerprint density at radius 1 is 1.42 bits per heavy atom. The molecule has 0 atom stereocenters. The molecule has 0 saturated carbocycles. The number of benzene rings is 1. The van der Waals surface area contributed by atoms with Crippen LogP contribution in [-0.4, -0.2) is 56.2 Å². The molecule has 6 nitrogen and oxygen atoms in total. The molecule has 1 aliphatic heterocycles. The van der Waals surface area contributed by atoms with Gasteiger partial charge in [-0.15, -0.1) is 0 Å². The molecule has 0 aromatic heterocycles. The predicted molar refractivity (Wildman–Crippen MR) is 94.8 cm³/mol. The molecule has 0 spiro atoms. The zero-order valence-electron chi connectivity index (χ0n) is 13.6. The molecule has 1 N–H and O–H groups in total. The Labute approximate surface area is 149 Å². The molecule has 1 aliphatic rings. The maximum atomic E-state index is 12.2. The molecule has 1 heterocycles. The summed E-state index contributed by atoms with van der Waals surface area (Å²) in [5.74, 6) is 0.355. The Bertz CT molecular complexity index is 619. The predicted octanol–water partition coefficient (Wildman–Crippen LogP) is 1.84. The van der Waals surface area contributed by atoms with Crippen LogP contribution in [0.5, 0.6) is 5.75 Å². The summed E-state index contributed by atoms with van der Waals surface area (Å²) >= 11 is 3.42. The number of hydrogen-bond acceptors (Lipinski definition) is 4. The van der Waals surface area contributed by atoms with Gasteiger partial charge < -0.3 is 19.7 Å². The average Bonchev–Trinajstić information content (AvgIpc) is 2.58. The van der Waals surface area contributed by atoms with Crippen molar-refractivity contribution in [1.29, 1.82) is 0 Å². The van der Waals surface area contributed by atoms with Gasteiger partial charge in [0.15, 0.2) is 0 Å².